The molecule has 3 aromatic heterocycles. The highest BCUT2D eigenvalue weighted by atomic mass is 32.2. The summed E-state index contributed by atoms with van der Waals surface area (Å²) >= 11 is 2.48. The predicted octanol–water partition coefficient (Wildman–Crippen LogP) is 6.87. The fraction of sp³-hybridized carbons (Fsp3) is 0.231. The number of aliphatic hydroxyl groups excluding tert-OH is 1. The Kier molecular flexibility index (Phi) is 11.7. The number of fused-ring (bicyclic) bond motifs is 1. The van der Waals surface area contributed by atoms with E-state index in [-0.39, 0.29) is 22.9 Å². The first-order valence-corrected chi connectivity index (χ1v) is 20.0. The van der Waals surface area contributed by atoms with Crippen molar-refractivity contribution in [2.24, 2.45) is 5.92 Å². The zero-order chi connectivity index (χ0) is 37.7. The maximum atomic E-state index is 15.5. The minimum atomic E-state index is -4.09. The molecule has 6 rings (SSSR count). The van der Waals surface area contributed by atoms with Gasteiger partial charge in [0, 0.05) is 41.7 Å². The van der Waals surface area contributed by atoms with E-state index >= 15 is 4.39 Å². The first-order valence-electron chi connectivity index (χ1n) is 16.8. The molecule has 14 heteroatoms. The second kappa shape index (κ2) is 16.4. The van der Waals surface area contributed by atoms with Gasteiger partial charge in [-0.2, -0.15) is 4.31 Å². The number of thiophene rings is 1. The van der Waals surface area contributed by atoms with E-state index in [1.165, 1.54) is 38.9 Å². The predicted molar refractivity (Wildman–Crippen MR) is 206 cm³/mol. The standard InChI is InChI=1S/C39H38FN5O5S3/c1-25(2)22-45(53(49,50)28-14-15-31-34(20-28)51-24-42-31)32(23-46)33-16-17-35(52-33)44(3)39(48)37(43-38(47)27-12-8-5-9-13-27)36(26-10-6-4-7-11-26)29-18-19-41-21-30(29)40/h4-21,24-25,32,36-37,46H,22-23H2,1-3H3,(H,43,47). The van der Waals surface area contributed by atoms with E-state index in [9.17, 15) is 23.1 Å². The van der Waals surface area contributed by atoms with E-state index in [0.717, 1.165) is 22.2 Å². The number of pyridine rings is 1. The van der Waals surface area contributed by atoms with Crippen molar-refractivity contribution in [3.05, 3.63) is 142 Å². The van der Waals surface area contributed by atoms with Crippen LogP contribution in [0.3, 0.4) is 0 Å². The summed E-state index contributed by atoms with van der Waals surface area (Å²) < 4.78 is 46.0. The van der Waals surface area contributed by atoms with Crippen LogP contribution in [0.15, 0.2) is 120 Å². The zero-order valence-corrected chi connectivity index (χ0v) is 31.6. The first-order chi connectivity index (χ1) is 25.5. The number of nitrogens with one attached hydrogen (secondary N) is 1. The molecule has 0 saturated heterocycles. The molecule has 3 aromatic carbocycles. The maximum Gasteiger partial charge on any atom is 0.251 e. The topological polar surface area (TPSA) is 133 Å². The third-order valence-corrected chi connectivity index (χ3v) is 12.7. The summed E-state index contributed by atoms with van der Waals surface area (Å²) in [6, 6.07) is 24.7. The van der Waals surface area contributed by atoms with E-state index in [1.54, 1.807) is 97.5 Å². The molecule has 53 heavy (non-hydrogen) atoms. The quantitative estimate of drug-likeness (QED) is 0.124. The van der Waals surface area contributed by atoms with Gasteiger partial charge in [0.05, 0.1) is 44.5 Å². The third kappa shape index (κ3) is 8.21. The van der Waals surface area contributed by atoms with Gasteiger partial charge in [0.1, 0.15) is 11.9 Å². The number of nitrogens with zero attached hydrogens (tertiary/aromatic N) is 4. The molecule has 0 spiro atoms. The highest BCUT2D eigenvalue weighted by molar-refractivity contribution is 7.89. The number of carbonyl (C=O) groups is 2. The second-order valence-corrected chi connectivity index (χ2v) is 16.7. The number of rotatable bonds is 14. The molecule has 3 heterocycles. The lowest BCUT2D eigenvalue weighted by atomic mass is 9.84. The van der Waals surface area contributed by atoms with Crippen molar-refractivity contribution in [1.29, 1.82) is 0 Å². The molecular formula is C39H38FN5O5S3. The Morgan fingerprint density at radius 2 is 1.68 bits per heavy atom. The van der Waals surface area contributed by atoms with E-state index in [1.807, 2.05) is 13.8 Å². The lowest BCUT2D eigenvalue weighted by Crippen LogP contribution is -2.51. The van der Waals surface area contributed by atoms with E-state index in [0.29, 0.717) is 26.5 Å². The number of benzene rings is 3. The zero-order valence-electron chi connectivity index (χ0n) is 29.2. The SMILES string of the molecule is CC(C)CN(C(CO)c1ccc(N(C)C(=O)C(NC(=O)c2ccccc2)C(c2ccccc2)c2ccncc2F)s1)S(=O)(=O)c1ccc2ncsc2c1. The van der Waals surface area contributed by atoms with Gasteiger partial charge in [-0.3, -0.25) is 14.6 Å². The van der Waals surface area contributed by atoms with Gasteiger partial charge < -0.3 is 15.3 Å². The van der Waals surface area contributed by atoms with Gasteiger partial charge in [0.2, 0.25) is 10.0 Å². The highest BCUT2D eigenvalue weighted by Crippen LogP contribution is 2.38. The van der Waals surface area contributed by atoms with Gasteiger partial charge in [-0.1, -0.05) is 62.4 Å². The van der Waals surface area contributed by atoms with E-state index < -0.39 is 52.3 Å². The second-order valence-electron chi connectivity index (χ2n) is 12.8. The smallest absolute Gasteiger partial charge is 0.251 e. The molecule has 3 unspecified atom stereocenters. The number of aliphatic hydroxyl groups is 1. The Labute approximate surface area is 315 Å². The van der Waals surface area contributed by atoms with Crippen LogP contribution >= 0.6 is 22.7 Å². The van der Waals surface area contributed by atoms with Crippen LogP contribution in [-0.4, -0.2) is 65.9 Å². The lowest BCUT2D eigenvalue weighted by molar-refractivity contribution is -0.120. The minimum Gasteiger partial charge on any atom is -0.394 e. The number of carbonyl (C=O) groups excluding carboxylic acids is 2. The Hall–Kier alpha value is -4.86. The van der Waals surface area contributed by atoms with Crippen molar-refractivity contribution in [2.75, 3.05) is 25.1 Å². The summed E-state index contributed by atoms with van der Waals surface area (Å²) in [5.74, 6) is -2.73. The number of halogens is 1. The van der Waals surface area contributed by atoms with Crippen molar-refractivity contribution in [2.45, 2.75) is 36.7 Å². The fourth-order valence-corrected chi connectivity index (χ4v) is 9.90. The molecular weight excluding hydrogens is 734 g/mol. The van der Waals surface area contributed by atoms with Crippen molar-refractivity contribution in [1.82, 2.24) is 19.6 Å². The molecule has 0 radical (unpaired) electrons. The van der Waals surface area contributed by atoms with Crippen molar-refractivity contribution in [3.8, 4) is 0 Å². The Morgan fingerprint density at radius 1 is 0.962 bits per heavy atom. The minimum absolute atomic E-state index is 0.0767. The van der Waals surface area contributed by atoms with Crippen molar-refractivity contribution in [3.63, 3.8) is 0 Å². The van der Waals surface area contributed by atoms with Gasteiger partial charge in [0.15, 0.2) is 0 Å². The van der Waals surface area contributed by atoms with Crippen LogP contribution in [-0.2, 0) is 14.8 Å². The molecule has 2 amide bonds. The van der Waals surface area contributed by atoms with Crippen LogP contribution < -0.4 is 10.2 Å². The molecule has 0 aliphatic carbocycles. The number of aromatic nitrogens is 2. The van der Waals surface area contributed by atoms with E-state index in [4.69, 9.17) is 0 Å². The molecule has 0 saturated carbocycles. The summed E-state index contributed by atoms with van der Waals surface area (Å²) in [5, 5.41) is 14.1. The molecule has 0 aliphatic heterocycles. The monoisotopic (exact) mass is 771 g/mol. The fourth-order valence-electron chi connectivity index (χ4n) is 6.18. The summed E-state index contributed by atoms with van der Waals surface area (Å²) in [5.41, 5.74) is 3.43. The number of sulfonamides is 1. The highest BCUT2D eigenvalue weighted by Gasteiger charge is 2.38. The summed E-state index contributed by atoms with van der Waals surface area (Å²) in [4.78, 5) is 38.5. The molecule has 6 aromatic rings. The van der Waals surface area contributed by atoms with Crippen LogP contribution in [0, 0.1) is 11.7 Å². The Balaban J connectivity index is 1.37. The number of likely N-dealkylation sites (N-methyl/N-ethyl adjacent to an activating group) is 1. The third-order valence-electron chi connectivity index (χ3n) is 8.80. The van der Waals surface area contributed by atoms with Crippen LogP contribution in [0.25, 0.3) is 10.2 Å². The number of thiazole rings is 1. The number of amides is 2. The van der Waals surface area contributed by atoms with Gasteiger partial charge in [0.25, 0.3) is 11.8 Å². The normalized spacial score (nSPS) is 13.6. The Bertz CT molecular complexity index is 2300. The van der Waals surface area contributed by atoms with Crippen LogP contribution in [0.1, 0.15) is 52.2 Å². The average molecular weight is 772 g/mol. The van der Waals surface area contributed by atoms with Gasteiger partial charge >= 0.3 is 0 Å². The van der Waals surface area contributed by atoms with E-state index in [2.05, 4.69) is 15.3 Å². The summed E-state index contributed by atoms with van der Waals surface area (Å²) in [6.07, 6.45) is 2.51. The summed E-state index contributed by atoms with van der Waals surface area (Å²) in [6.45, 7) is 3.41. The number of hydrogen-bond acceptors (Lipinski definition) is 9. The summed E-state index contributed by atoms with van der Waals surface area (Å²) in [7, 11) is -2.54. The molecule has 0 bridgehead atoms. The van der Waals surface area contributed by atoms with Crippen LogP contribution in [0.4, 0.5) is 9.39 Å². The first kappa shape index (κ1) is 37.9. The maximum absolute atomic E-state index is 15.5. The van der Waals surface area contributed by atoms with Crippen LogP contribution in [0.5, 0.6) is 0 Å². The van der Waals surface area contributed by atoms with Gasteiger partial charge in [-0.15, -0.1) is 22.7 Å². The van der Waals surface area contributed by atoms with Gasteiger partial charge in [-0.25, -0.2) is 17.8 Å². The van der Waals surface area contributed by atoms with Crippen LogP contribution in [0.2, 0.25) is 0 Å². The van der Waals surface area contributed by atoms with Gasteiger partial charge in [-0.05, 0) is 60.0 Å². The van der Waals surface area contributed by atoms with Crippen molar-refractivity contribution >= 4 is 59.7 Å². The van der Waals surface area contributed by atoms with Crippen molar-refractivity contribution < 1.29 is 27.5 Å². The molecule has 3 atom stereocenters. The number of anilines is 1. The average Bonchev–Trinajstić information content (AvgIpc) is 3.85. The molecule has 274 valence electrons. The lowest BCUT2D eigenvalue weighted by Gasteiger charge is -2.31. The molecule has 0 aliphatic rings. The molecule has 10 nitrogen and oxygen atoms in total. The number of hydrogen-bond donors (Lipinski definition) is 2. The molecule has 0 fully saturated rings. The molecule has 2 N–H and O–H groups in total. The largest absolute Gasteiger partial charge is 0.394 e. The Morgan fingerprint density at radius 3 is 2.36 bits per heavy atom.